The summed E-state index contributed by atoms with van der Waals surface area (Å²) in [7, 11) is 3.40. The van der Waals surface area contributed by atoms with E-state index in [9.17, 15) is 4.79 Å². The lowest BCUT2D eigenvalue weighted by Crippen LogP contribution is -2.27. The highest BCUT2D eigenvalue weighted by Gasteiger charge is 2.04. The molecule has 5 heteroatoms. The number of hydrogen-bond donors (Lipinski definition) is 1. The largest absolute Gasteiger partial charge is 0.331 e. The molecule has 0 radical (unpaired) electrons. The molecule has 0 aliphatic heterocycles. The number of hydrogen-bond acceptors (Lipinski definition) is 1. The number of benzene rings is 1. The number of amides is 2. The Hall–Kier alpha value is -0.550. The van der Waals surface area contributed by atoms with E-state index in [4.69, 9.17) is 0 Å². The first-order chi connectivity index (χ1) is 6.50. The Labute approximate surface area is 99.7 Å². The Morgan fingerprint density at radius 2 is 1.93 bits per heavy atom. The lowest BCUT2D eigenvalue weighted by atomic mass is 10.3. The Kier molecular flexibility index (Phi) is 3.95. The van der Waals surface area contributed by atoms with Gasteiger partial charge in [0.15, 0.2) is 0 Å². The van der Waals surface area contributed by atoms with Crippen molar-refractivity contribution in [1.29, 1.82) is 0 Å². The number of rotatable bonds is 1. The van der Waals surface area contributed by atoms with Gasteiger partial charge in [-0.3, -0.25) is 0 Å². The number of nitrogens with one attached hydrogen (secondary N) is 1. The van der Waals surface area contributed by atoms with E-state index in [0.717, 1.165) is 14.6 Å². The van der Waals surface area contributed by atoms with Crippen LogP contribution in [0.1, 0.15) is 0 Å². The zero-order valence-corrected chi connectivity index (χ0v) is 11.0. The highest BCUT2D eigenvalue weighted by molar-refractivity contribution is 9.13. The first kappa shape index (κ1) is 11.5. The van der Waals surface area contributed by atoms with Crippen molar-refractivity contribution in [3.05, 3.63) is 27.1 Å². The van der Waals surface area contributed by atoms with Gasteiger partial charge in [0.05, 0.1) is 0 Å². The molecule has 0 heterocycles. The van der Waals surface area contributed by atoms with E-state index >= 15 is 0 Å². The SMILES string of the molecule is CN(C)C(=O)Nc1ccc(Br)c(Br)c1. The van der Waals surface area contributed by atoms with Gasteiger partial charge in [-0.15, -0.1) is 0 Å². The Bertz CT molecular complexity index is 353. The molecule has 0 aliphatic rings. The summed E-state index contributed by atoms with van der Waals surface area (Å²) in [5.74, 6) is 0. The second-order valence-corrected chi connectivity index (χ2v) is 4.66. The number of carbonyl (C=O) groups is 1. The number of anilines is 1. The van der Waals surface area contributed by atoms with E-state index in [-0.39, 0.29) is 6.03 Å². The number of carbonyl (C=O) groups excluding carboxylic acids is 1. The second kappa shape index (κ2) is 4.79. The minimum Gasteiger partial charge on any atom is -0.331 e. The number of halogens is 2. The first-order valence-electron chi connectivity index (χ1n) is 3.94. The zero-order valence-electron chi connectivity index (χ0n) is 7.84. The standard InChI is InChI=1S/C9H10Br2N2O/c1-13(2)9(14)12-6-3-4-7(10)8(11)5-6/h3-5H,1-2H3,(H,12,14). The molecule has 0 bridgehead atoms. The van der Waals surface area contributed by atoms with Crippen molar-refractivity contribution in [2.45, 2.75) is 0 Å². The van der Waals surface area contributed by atoms with Crippen molar-refractivity contribution >= 4 is 43.6 Å². The van der Waals surface area contributed by atoms with E-state index in [1.165, 1.54) is 4.90 Å². The van der Waals surface area contributed by atoms with Gasteiger partial charge < -0.3 is 10.2 Å². The highest BCUT2D eigenvalue weighted by atomic mass is 79.9. The average Bonchev–Trinajstić information content (AvgIpc) is 2.11. The van der Waals surface area contributed by atoms with Crippen LogP contribution >= 0.6 is 31.9 Å². The third kappa shape index (κ3) is 2.99. The quantitative estimate of drug-likeness (QED) is 0.845. The minimum atomic E-state index is -0.140. The van der Waals surface area contributed by atoms with Gasteiger partial charge in [-0.1, -0.05) is 0 Å². The monoisotopic (exact) mass is 320 g/mol. The summed E-state index contributed by atoms with van der Waals surface area (Å²) in [6.45, 7) is 0. The normalized spacial score (nSPS) is 9.71. The highest BCUT2D eigenvalue weighted by Crippen LogP contribution is 2.25. The maximum atomic E-state index is 11.3. The molecule has 0 saturated heterocycles. The van der Waals surface area contributed by atoms with Crippen molar-refractivity contribution in [2.24, 2.45) is 0 Å². The molecule has 0 saturated carbocycles. The van der Waals surface area contributed by atoms with Crippen molar-refractivity contribution in [3.8, 4) is 0 Å². The fourth-order valence-corrected chi connectivity index (χ4v) is 1.43. The summed E-state index contributed by atoms with van der Waals surface area (Å²) in [4.78, 5) is 12.8. The van der Waals surface area contributed by atoms with Crippen LogP contribution in [0.15, 0.2) is 27.1 Å². The molecule has 76 valence electrons. The van der Waals surface area contributed by atoms with Gasteiger partial charge in [-0.2, -0.15) is 0 Å². The third-order valence-electron chi connectivity index (χ3n) is 1.58. The van der Waals surface area contributed by atoms with E-state index < -0.39 is 0 Å². The molecule has 3 nitrogen and oxygen atoms in total. The number of urea groups is 1. The lowest BCUT2D eigenvalue weighted by molar-refractivity contribution is 0.230. The van der Waals surface area contributed by atoms with Crippen LogP contribution in [0.3, 0.4) is 0 Å². The lowest BCUT2D eigenvalue weighted by Gasteiger charge is -2.12. The van der Waals surface area contributed by atoms with Gasteiger partial charge in [-0.25, -0.2) is 4.79 Å². The van der Waals surface area contributed by atoms with Gasteiger partial charge in [0.1, 0.15) is 0 Å². The summed E-state index contributed by atoms with van der Waals surface area (Å²) in [6.07, 6.45) is 0. The molecular formula is C9H10Br2N2O. The summed E-state index contributed by atoms with van der Waals surface area (Å²) < 4.78 is 1.87. The van der Waals surface area contributed by atoms with Crippen molar-refractivity contribution < 1.29 is 4.79 Å². The third-order valence-corrected chi connectivity index (χ3v) is 3.46. The summed E-state index contributed by atoms with van der Waals surface area (Å²) in [5.41, 5.74) is 0.763. The summed E-state index contributed by atoms with van der Waals surface area (Å²) in [5, 5.41) is 2.75. The van der Waals surface area contributed by atoms with Crippen LogP contribution in [0.25, 0.3) is 0 Å². The Balaban J connectivity index is 2.78. The van der Waals surface area contributed by atoms with E-state index in [1.807, 2.05) is 18.2 Å². The van der Waals surface area contributed by atoms with Crippen molar-refractivity contribution in [3.63, 3.8) is 0 Å². The molecule has 1 rings (SSSR count). The molecule has 0 atom stereocenters. The second-order valence-electron chi connectivity index (χ2n) is 2.95. The van der Waals surface area contributed by atoms with E-state index in [2.05, 4.69) is 37.2 Å². The fourth-order valence-electron chi connectivity index (χ4n) is 0.809. The van der Waals surface area contributed by atoms with Crippen LogP contribution in [-0.2, 0) is 0 Å². The topological polar surface area (TPSA) is 32.3 Å². The molecule has 0 spiro atoms. The van der Waals surface area contributed by atoms with Crippen LogP contribution in [-0.4, -0.2) is 25.0 Å². The predicted octanol–water partition coefficient (Wildman–Crippen LogP) is 3.31. The smallest absolute Gasteiger partial charge is 0.321 e. The van der Waals surface area contributed by atoms with Crippen molar-refractivity contribution in [1.82, 2.24) is 4.90 Å². The molecule has 2 amide bonds. The predicted molar refractivity (Wildman–Crippen MR) is 64.5 cm³/mol. The zero-order chi connectivity index (χ0) is 10.7. The first-order valence-corrected chi connectivity index (χ1v) is 5.52. The molecule has 1 aromatic carbocycles. The Morgan fingerprint density at radius 3 is 2.43 bits per heavy atom. The molecule has 1 aromatic rings. The van der Waals surface area contributed by atoms with Gasteiger partial charge in [0.2, 0.25) is 0 Å². The molecule has 0 unspecified atom stereocenters. The van der Waals surface area contributed by atoms with Gasteiger partial charge >= 0.3 is 6.03 Å². The van der Waals surface area contributed by atoms with Gasteiger partial charge in [0.25, 0.3) is 0 Å². The van der Waals surface area contributed by atoms with Crippen LogP contribution < -0.4 is 5.32 Å². The van der Waals surface area contributed by atoms with Crippen LogP contribution in [0.5, 0.6) is 0 Å². The molecule has 14 heavy (non-hydrogen) atoms. The maximum Gasteiger partial charge on any atom is 0.321 e. The maximum absolute atomic E-state index is 11.3. The van der Waals surface area contributed by atoms with Crippen LogP contribution in [0.4, 0.5) is 10.5 Å². The average molecular weight is 322 g/mol. The molecule has 0 aromatic heterocycles. The summed E-state index contributed by atoms with van der Waals surface area (Å²) >= 11 is 6.72. The van der Waals surface area contributed by atoms with E-state index in [0.29, 0.717) is 0 Å². The van der Waals surface area contributed by atoms with Gasteiger partial charge in [-0.05, 0) is 50.1 Å². The van der Waals surface area contributed by atoms with Crippen LogP contribution in [0, 0.1) is 0 Å². The molecule has 0 aliphatic carbocycles. The number of nitrogens with zero attached hydrogens (tertiary/aromatic N) is 1. The van der Waals surface area contributed by atoms with Crippen molar-refractivity contribution in [2.75, 3.05) is 19.4 Å². The minimum absolute atomic E-state index is 0.140. The van der Waals surface area contributed by atoms with E-state index in [1.54, 1.807) is 14.1 Å². The van der Waals surface area contributed by atoms with Crippen LogP contribution in [0.2, 0.25) is 0 Å². The van der Waals surface area contributed by atoms with Gasteiger partial charge in [0, 0.05) is 28.7 Å². The fraction of sp³-hybridized carbons (Fsp3) is 0.222. The molecular weight excluding hydrogens is 312 g/mol. The summed E-state index contributed by atoms with van der Waals surface area (Å²) in [6, 6.07) is 5.40. The Morgan fingerprint density at radius 1 is 1.29 bits per heavy atom. The molecule has 1 N–H and O–H groups in total. The molecule has 0 fully saturated rings.